The first-order valence-electron chi connectivity index (χ1n) is 8.68. The fraction of sp³-hybridized carbons (Fsp3) is 0.684. The van der Waals surface area contributed by atoms with E-state index in [0.717, 1.165) is 43.7 Å². The van der Waals surface area contributed by atoms with Crippen LogP contribution < -0.4 is 9.47 Å². The molecule has 1 saturated carbocycles. The predicted octanol–water partition coefficient (Wildman–Crippen LogP) is 2.97. The van der Waals surface area contributed by atoms with E-state index in [9.17, 15) is 5.11 Å². The lowest BCUT2D eigenvalue weighted by Gasteiger charge is -2.45. The van der Waals surface area contributed by atoms with Gasteiger partial charge in [-0.25, -0.2) is 0 Å². The number of fused-ring (bicyclic) bond motifs is 1. The Morgan fingerprint density at radius 2 is 1.91 bits per heavy atom. The molecule has 0 unspecified atom stereocenters. The molecule has 1 aliphatic carbocycles. The first kappa shape index (κ1) is 16.6. The summed E-state index contributed by atoms with van der Waals surface area (Å²) in [6.45, 7) is 5.61. The summed E-state index contributed by atoms with van der Waals surface area (Å²) in [7, 11) is 3.36. The molecule has 1 aliphatic heterocycles. The van der Waals surface area contributed by atoms with Crippen molar-refractivity contribution in [2.45, 2.75) is 63.1 Å². The van der Waals surface area contributed by atoms with E-state index in [1.54, 1.807) is 14.2 Å². The highest BCUT2D eigenvalue weighted by molar-refractivity contribution is 5.46. The van der Waals surface area contributed by atoms with Gasteiger partial charge >= 0.3 is 0 Å². The summed E-state index contributed by atoms with van der Waals surface area (Å²) in [6, 6.07) is 7.27. The number of aliphatic hydroxyl groups is 1. The maximum absolute atomic E-state index is 10.2. The molecule has 1 saturated heterocycles. The number of nitrogens with zero attached hydrogens (tertiary/aromatic N) is 1. The lowest BCUT2D eigenvalue weighted by atomic mass is 9.65. The molecule has 128 valence electrons. The van der Waals surface area contributed by atoms with Gasteiger partial charge in [0.2, 0.25) is 0 Å². The van der Waals surface area contributed by atoms with Crippen LogP contribution in [0, 0.1) is 0 Å². The second kappa shape index (κ2) is 6.33. The zero-order chi connectivity index (χ0) is 16.6. The van der Waals surface area contributed by atoms with Gasteiger partial charge in [-0.3, -0.25) is 4.90 Å². The Morgan fingerprint density at radius 3 is 2.57 bits per heavy atom. The molecule has 0 radical (unpaired) electrons. The first-order valence-corrected chi connectivity index (χ1v) is 8.68. The molecule has 3 rings (SSSR count). The van der Waals surface area contributed by atoms with Crippen molar-refractivity contribution >= 4 is 0 Å². The molecule has 3 atom stereocenters. The Kier molecular flexibility index (Phi) is 4.56. The number of aliphatic hydroxyl groups excluding tert-OH is 1. The van der Waals surface area contributed by atoms with Crippen molar-refractivity contribution in [3.05, 3.63) is 23.8 Å². The highest BCUT2D eigenvalue weighted by Crippen LogP contribution is 2.50. The van der Waals surface area contributed by atoms with Crippen LogP contribution in [0.4, 0.5) is 0 Å². The molecule has 1 heterocycles. The van der Waals surface area contributed by atoms with Crippen LogP contribution in [0.1, 0.15) is 45.1 Å². The second-order valence-electron chi connectivity index (χ2n) is 7.25. The fourth-order valence-electron chi connectivity index (χ4n) is 4.67. The number of hydrogen-bond donors (Lipinski definition) is 1. The Labute approximate surface area is 139 Å². The van der Waals surface area contributed by atoms with Crippen molar-refractivity contribution in [2.24, 2.45) is 0 Å². The van der Waals surface area contributed by atoms with Gasteiger partial charge in [0.1, 0.15) is 0 Å². The van der Waals surface area contributed by atoms with Crippen molar-refractivity contribution < 1.29 is 14.6 Å². The standard InChI is InChI=1S/C19H29NO3/c1-13(2)20-10-9-19(8-7-15(21)12-18(19)20)14-5-6-16(22-3)17(11-14)23-4/h5-6,11,13,15,18,21H,7-10,12H2,1-4H3/t15-,18-,19-/m0/s1. The molecule has 0 bridgehead atoms. The van der Waals surface area contributed by atoms with Crippen LogP contribution in [-0.4, -0.2) is 49.0 Å². The summed E-state index contributed by atoms with van der Waals surface area (Å²) in [5, 5.41) is 10.2. The van der Waals surface area contributed by atoms with Crippen LogP contribution in [0.2, 0.25) is 0 Å². The maximum Gasteiger partial charge on any atom is 0.161 e. The summed E-state index contributed by atoms with van der Waals surface area (Å²) in [5.41, 5.74) is 1.46. The summed E-state index contributed by atoms with van der Waals surface area (Å²) < 4.78 is 10.9. The Balaban J connectivity index is 2.01. The van der Waals surface area contributed by atoms with Gasteiger partial charge in [-0.15, -0.1) is 0 Å². The Morgan fingerprint density at radius 1 is 1.17 bits per heavy atom. The van der Waals surface area contributed by atoms with E-state index in [1.165, 1.54) is 5.56 Å². The number of benzene rings is 1. The molecule has 4 nitrogen and oxygen atoms in total. The minimum Gasteiger partial charge on any atom is -0.493 e. The lowest BCUT2D eigenvalue weighted by Crippen LogP contribution is -2.50. The molecular formula is C19H29NO3. The van der Waals surface area contributed by atoms with Crippen LogP contribution in [0.3, 0.4) is 0 Å². The van der Waals surface area contributed by atoms with E-state index in [1.807, 2.05) is 6.07 Å². The molecule has 1 aromatic carbocycles. The summed E-state index contributed by atoms with van der Waals surface area (Å²) in [6.07, 6.45) is 3.77. The number of rotatable bonds is 4. The third-order valence-corrected chi connectivity index (χ3v) is 5.90. The zero-order valence-corrected chi connectivity index (χ0v) is 14.7. The van der Waals surface area contributed by atoms with Gasteiger partial charge in [0.15, 0.2) is 11.5 Å². The molecule has 2 fully saturated rings. The number of hydrogen-bond acceptors (Lipinski definition) is 4. The number of likely N-dealkylation sites (tertiary alicyclic amines) is 1. The molecule has 4 heteroatoms. The van der Waals surface area contributed by atoms with Gasteiger partial charge in [0.05, 0.1) is 20.3 Å². The van der Waals surface area contributed by atoms with Crippen molar-refractivity contribution in [2.75, 3.05) is 20.8 Å². The van der Waals surface area contributed by atoms with Crippen LogP contribution >= 0.6 is 0 Å². The van der Waals surface area contributed by atoms with E-state index in [0.29, 0.717) is 12.1 Å². The van der Waals surface area contributed by atoms with E-state index in [2.05, 4.69) is 30.9 Å². The van der Waals surface area contributed by atoms with Gasteiger partial charge in [-0.1, -0.05) is 6.07 Å². The average molecular weight is 319 g/mol. The van der Waals surface area contributed by atoms with Crippen molar-refractivity contribution in [1.82, 2.24) is 4.90 Å². The van der Waals surface area contributed by atoms with Gasteiger partial charge in [0, 0.05) is 17.5 Å². The van der Waals surface area contributed by atoms with E-state index in [-0.39, 0.29) is 11.5 Å². The van der Waals surface area contributed by atoms with Crippen LogP contribution in [0.15, 0.2) is 18.2 Å². The van der Waals surface area contributed by atoms with Gasteiger partial charge < -0.3 is 14.6 Å². The van der Waals surface area contributed by atoms with Crippen molar-refractivity contribution in [3.63, 3.8) is 0 Å². The monoisotopic (exact) mass is 319 g/mol. The maximum atomic E-state index is 10.2. The zero-order valence-electron chi connectivity index (χ0n) is 14.7. The second-order valence-corrected chi connectivity index (χ2v) is 7.25. The lowest BCUT2D eigenvalue weighted by molar-refractivity contribution is 0.0394. The highest BCUT2D eigenvalue weighted by atomic mass is 16.5. The average Bonchev–Trinajstić information content (AvgIpc) is 2.94. The van der Waals surface area contributed by atoms with Gasteiger partial charge in [0.25, 0.3) is 0 Å². The van der Waals surface area contributed by atoms with E-state index >= 15 is 0 Å². The minimum atomic E-state index is -0.174. The number of methoxy groups -OCH3 is 2. The van der Waals surface area contributed by atoms with Gasteiger partial charge in [-0.2, -0.15) is 0 Å². The Hall–Kier alpha value is -1.26. The quantitative estimate of drug-likeness (QED) is 0.926. The third kappa shape index (κ3) is 2.72. The molecule has 23 heavy (non-hydrogen) atoms. The SMILES string of the molecule is COc1ccc([C@@]23CC[C@H](O)C[C@@H]2N(C(C)C)CC3)cc1OC. The molecule has 0 aromatic heterocycles. The van der Waals surface area contributed by atoms with Crippen molar-refractivity contribution in [3.8, 4) is 11.5 Å². The van der Waals surface area contributed by atoms with E-state index < -0.39 is 0 Å². The molecule has 2 aliphatic rings. The van der Waals surface area contributed by atoms with Crippen molar-refractivity contribution in [1.29, 1.82) is 0 Å². The van der Waals surface area contributed by atoms with Crippen LogP contribution in [0.25, 0.3) is 0 Å². The van der Waals surface area contributed by atoms with E-state index in [4.69, 9.17) is 9.47 Å². The smallest absolute Gasteiger partial charge is 0.161 e. The normalized spacial score (nSPS) is 31.2. The molecule has 1 aromatic rings. The first-order chi connectivity index (χ1) is 11.0. The van der Waals surface area contributed by atoms with Gasteiger partial charge in [-0.05, 0) is 63.8 Å². The number of ether oxygens (including phenoxy) is 2. The highest BCUT2D eigenvalue weighted by Gasteiger charge is 2.51. The molecule has 0 spiro atoms. The van der Waals surface area contributed by atoms with Crippen LogP contribution in [0.5, 0.6) is 11.5 Å². The fourth-order valence-corrected chi connectivity index (χ4v) is 4.67. The third-order valence-electron chi connectivity index (χ3n) is 5.90. The minimum absolute atomic E-state index is 0.128. The predicted molar refractivity (Wildman–Crippen MR) is 91.3 cm³/mol. The summed E-state index contributed by atoms with van der Waals surface area (Å²) in [4.78, 5) is 2.57. The summed E-state index contributed by atoms with van der Waals surface area (Å²) in [5.74, 6) is 1.58. The molecule has 1 N–H and O–H groups in total. The van der Waals surface area contributed by atoms with Crippen LogP contribution in [-0.2, 0) is 5.41 Å². The molecular weight excluding hydrogens is 290 g/mol. The Bertz CT molecular complexity index is 560. The largest absolute Gasteiger partial charge is 0.493 e. The molecule has 0 amide bonds. The topological polar surface area (TPSA) is 41.9 Å². The summed E-state index contributed by atoms with van der Waals surface area (Å²) >= 11 is 0.